The van der Waals surface area contributed by atoms with Crippen molar-refractivity contribution in [2.75, 3.05) is 19.8 Å². The number of ether oxygens (including phenoxy) is 1. The van der Waals surface area contributed by atoms with Crippen molar-refractivity contribution in [3.8, 4) is 11.5 Å². The summed E-state index contributed by atoms with van der Waals surface area (Å²) in [7, 11) is 0. The molecular weight excluding hydrogens is 438 g/mol. The van der Waals surface area contributed by atoms with Gasteiger partial charge in [-0.2, -0.15) is 5.10 Å². The van der Waals surface area contributed by atoms with Crippen molar-refractivity contribution in [1.82, 2.24) is 24.6 Å². The van der Waals surface area contributed by atoms with E-state index in [0.29, 0.717) is 26.3 Å². The second-order valence-corrected chi connectivity index (χ2v) is 8.66. The van der Waals surface area contributed by atoms with Crippen LogP contribution in [-0.2, 0) is 11.3 Å². The number of carbonyl (C=O) groups is 1. The lowest BCUT2D eigenvalue weighted by Crippen LogP contribution is -2.42. The van der Waals surface area contributed by atoms with E-state index in [9.17, 15) is 4.79 Å². The van der Waals surface area contributed by atoms with E-state index in [-0.39, 0.29) is 12.1 Å². The van der Waals surface area contributed by atoms with Crippen LogP contribution in [0.4, 0.5) is 4.79 Å². The van der Waals surface area contributed by atoms with Crippen molar-refractivity contribution in [1.29, 1.82) is 0 Å². The largest absolute Gasteiger partial charge is 0.382 e. The summed E-state index contributed by atoms with van der Waals surface area (Å²) in [6, 6.07) is 24.2. The van der Waals surface area contributed by atoms with E-state index < -0.39 is 0 Å². The third-order valence-corrected chi connectivity index (χ3v) is 6.41. The molecule has 1 aliphatic heterocycles. The van der Waals surface area contributed by atoms with Gasteiger partial charge in [-0.1, -0.05) is 48.5 Å². The van der Waals surface area contributed by atoms with E-state index in [1.165, 1.54) is 0 Å². The van der Waals surface area contributed by atoms with Crippen molar-refractivity contribution in [2.24, 2.45) is 0 Å². The number of amides is 2. The molecule has 1 N–H and O–H groups in total. The Morgan fingerprint density at radius 1 is 1.06 bits per heavy atom. The highest BCUT2D eigenvalue weighted by molar-refractivity contribution is 5.76. The van der Waals surface area contributed by atoms with E-state index in [1.807, 2.05) is 65.9 Å². The number of aryl methyl sites for hydroxylation is 1. The molecule has 0 aliphatic carbocycles. The fourth-order valence-corrected chi connectivity index (χ4v) is 4.75. The van der Waals surface area contributed by atoms with Crippen LogP contribution in [0.3, 0.4) is 0 Å². The molecule has 2 amide bonds. The zero-order valence-electron chi connectivity index (χ0n) is 20.2. The van der Waals surface area contributed by atoms with Gasteiger partial charge in [0.1, 0.15) is 5.82 Å². The van der Waals surface area contributed by atoms with Gasteiger partial charge in [-0.3, -0.25) is 0 Å². The predicted octanol–water partition coefficient (Wildman–Crippen LogP) is 5.01. The van der Waals surface area contributed by atoms with Crippen molar-refractivity contribution < 1.29 is 9.53 Å². The van der Waals surface area contributed by atoms with Crippen molar-refractivity contribution in [3.63, 3.8) is 0 Å². The summed E-state index contributed by atoms with van der Waals surface area (Å²) in [6.07, 6.45) is 2.84. The Bertz CT molecular complexity index is 1280. The first-order chi connectivity index (χ1) is 17.2. The lowest BCUT2D eigenvalue weighted by atomic mass is 10.0. The number of benzene rings is 2. The van der Waals surface area contributed by atoms with Gasteiger partial charge in [-0.15, -0.1) is 0 Å². The molecule has 0 spiro atoms. The highest BCUT2D eigenvalue weighted by atomic mass is 16.5. The number of nitrogens with one attached hydrogen (secondary N) is 1. The number of para-hydroxylation sites is 1. The molecule has 0 radical (unpaired) electrons. The fraction of sp³-hybridized carbons (Fsp3) is 0.286. The minimum atomic E-state index is -0.242. The molecule has 0 bridgehead atoms. The maximum Gasteiger partial charge on any atom is 0.318 e. The third kappa shape index (κ3) is 4.47. The van der Waals surface area contributed by atoms with Gasteiger partial charge in [-0.05, 0) is 50.1 Å². The smallest absolute Gasteiger partial charge is 0.318 e. The number of rotatable bonds is 7. The first kappa shape index (κ1) is 22.9. The maximum absolute atomic E-state index is 13.6. The Morgan fingerprint density at radius 3 is 2.54 bits per heavy atom. The van der Waals surface area contributed by atoms with Crippen LogP contribution in [0, 0.1) is 6.92 Å². The van der Waals surface area contributed by atoms with Gasteiger partial charge in [0.25, 0.3) is 0 Å². The minimum Gasteiger partial charge on any atom is -0.382 e. The number of nitrogens with zero attached hydrogens (tertiary/aromatic N) is 4. The molecule has 2 aromatic carbocycles. The van der Waals surface area contributed by atoms with Crippen molar-refractivity contribution in [2.45, 2.75) is 32.9 Å². The summed E-state index contributed by atoms with van der Waals surface area (Å²) in [5, 5.41) is 8.01. The Labute approximate surface area is 205 Å². The number of urea groups is 1. The molecule has 7 heteroatoms. The molecule has 0 saturated heterocycles. The van der Waals surface area contributed by atoms with Gasteiger partial charge >= 0.3 is 6.03 Å². The molecule has 0 fully saturated rings. The average molecular weight is 470 g/mol. The summed E-state index contributed by atoms with van der Waals surface area (Å²) >= 11 is 0. The molecule has 1 aliphatic rings. The van der Waals surface area contributed by atoms with E-state index >= 15 is 0 Å². The third-order valence-electron chi connectivity index (χ3n) is 6.41. The second kappa shape index (κ2) is 10.2. The van der Waals surface area contributed by atoms with Crippen LogP contribution in [0.2, 0.25) is 0 Å². The Balaban J connectivity index is 1.60. The molecule has 4 aromatic rings. The van der Waals surface area contributed by atoms with Crippen molar-refractivity contribution in [3.05, 3.63) is 102 Å². The molecule has 180 valence electrons. The standard InChI is InChI=1S/C28H31N5O2/c1-3-35-19-11-17-29-28(34)32-20-24-21(2)30-33(23-14-8-5-9-15-23)27(24)31-18-10-16-25(31)26(32)22-12-6-4-7-13-22/h4-10,12-16,18,26H,3,11,17,19-20H2,1-2H3,(H,29,34). The number of carbonyl (C=O) groups excluding carboxylic acids is 1. The molecule has 35 heavy (non-hydrogen) atoms. The van der Waals surface area contributed by atoms with Gasteiger partial charge in [0.15, 0.2) is 0 Å². The molecule has 1 atom stereocenters. The van der Waals surface area contributed by atoms with Crippen LogP contribution in [-0.4, -0.2) is 45.0 Å². The average Bonchev–Trinajstić information content (AvgIpc) is 3.45. The highest BCUT2D eigenvalue weighted by Gasteiger charge is 2.35. The SMILES string of the molecule is CCOCCCNC(=O)N1Cc2c(C)nn(-c3ccccc3)c2-n2cccc2C1c1ccccc1. The van der Waals surface area contributed by atoms with Gasteiger partial charge in [0, 0.05) is 31.5 Å². The molecule has 5 rings (SSSR count). The second-order valence-electron chi connectivity index (χ2n) is 8.66. The summed E-state index contributed by atoms with van der Waals surface area (Å²) < 4.78 is 9.60. The number of hydrogen-bond donors (Lipinski definition) is 1. The quantitative estimate of drug-likeness (QED) is 0.387. The molecular formula is C28H31N5O2. The topological polar surface area (TPSA) is 64.3 Å². The summed E-state index contributed by atoms with van der Waals surface area (Å²) in [4.78, 5) is 15.6. The summed E-state index contributed by atoms with van der Waals surface area (Å²) in [6.45, 7) is 6.32. The van der Waals surface area contributed by atoms with Gasteiger partial charge < -0.3 is 19.5 Å². The van der Waals surface area contributed by atoms with Gasteiger partial charge in [0.2, 0.25) is 0 Å². The predicted molar refractivity (Wildman–Crippen MR) is 136 cm³/mol. The summed E-state index contributed by atoms with van der Waals surface area (Å²) in [5.41, 5.74) is 5.03. The Kier molecular flexibility index (Phi) is 6.68. The molecule has 3 heterocycles. The van der Waals surface area contributed by atoms with Gasteiger partial charge in [0.05, 0.1) is 29.7 Å². The number of fused-ring (bicyclic) bond motifs is 3. The number of aromatic nitrogens is 3. The van der Waals surface area contributed by atoms with E-state index in [0.717, 1.165) is 40.4 Å². The summed E-state index contributed by atoms with van der Waals surface area (Å²) in [5.74, 6) is 0.973. The first-order valence-electron chi connectivity index (χ1n) is 12.2. The van der Waals surface area contributed by atoms with Crippen LogP contribution in [0.25, 0.3) is 11.5 Å². The lowest BCUT2D eigenvalue weighted by molar-refractivity contribution is 0.143. The van der Waals surface area contributed by atoms with Crippen LogP contribution >= 0.6 is 0 Å². The van der Waals surface area contributed by atoms with E-state index in [2.05, 4.69) is 46.4 Å². The van der Waals surface area contributed by atoms with Crippen LogP contribution in [0.1, 0.15) is 41.9 Å². The zero-order valence-corrected chi connectivity index (χ0v) is 20.2. The van der Waals surface area contributed by atoms with E-state index in [1.54, 1.807) is 0 Å². The molecule has 7 nitrogen and oxygen atoms in total. The monoisotopic (exact) mass is 469 g/mol. The lowest BCUT2D eigenvalue weighted by Gasteiger charge is -2.31. The maximum atomic E-state index is 13.6. The van der Waals surface area contributed by atoms with Crippen LogP contribution in [0.15, 0.2) is 79.0 Å². The normalized spacial score (nSPS) is 14.8. The Hall–Kier alpha value is -3.84. The molecule has 0 saturated carbocycles. The number of hydrogen-bond acceptors (Lipinski definition) is 3. The highest BCUT2D eigenvalue weighted by Crippen LogP contribution is 2.38. The van der Waals surface area contributed by atoms with Crippen molar-refractivity contribution >= 4 is 6.03 Å². The zero-order chi connectivity index (χ0) is 24.2. The Morgan fingerprint density at radius 2 is 1.80 bits per heavy atom. The van der Waals surface area contributed by atoms with E-state index in [4.69, 9.17) is 9.84 Å². The van der Waals surface area contributed by atoms with Gasteiger partial charge in [-0.25, -0.2) is 9.48 Å². The minimum absolute atomic E-state index is 0.0946. The fourth-order valence-electron chi connectivity index (χ4n) is 4.75. The first-order valence-corrected chi connectivity index (χ1v) is 12.2. The van der Waals surface area contributed by atoms with Crippen LogP contribution in [0.5, 0.6) is 0 Å². The van der Waals surface area contributed by atoms with Crippen LogP contribution < -0.4 is 5.32 Å². The molecule has 1 unspecified atom stereocenters. The molecule has 2 aromatic heterocycles.